The van der Waals surface area contributed by atoms with Gasteiger partial charge in [0.25, 0.3) is 5.22 Å². The summed E-state index contributed by atoms with van der Waals surface area (Å²) in [6.07, 6.45) is -0.541. The van der Waals surface area contributed by atoms with Crippen molar-refractivity contribution in [3.63, 3.8) is 0 Å². The van der Waals surface area contributed by atoms with Crippen LogP contribution in [0.3, 0.4) is 0 Å². The van der Waals surface area contributed by atoms with E-state index < -0.39 is 17.7 Å². The molecular formula is C17H30N4O4S. The Bertz CT molecular complexity index is 594. The van der Waals surface area contributed by atoms with E-state index in [1.54, 1.807) is 25.7 Å². The fraction of sp³-hybridized carbons (Fsp3) is 0.765. The zero-order chi connectivity index (χ0) is 19.9. The van der Waals surface area contributed by atoms with Crippen molar-refractivity contribution in [2.45, 2.75) is 65.3 Å². The molecule has 148 valence electrons. The molecule has 0 fully saturated rings. The number of nitrogens with one attached hydrogen (secondary N) is 1. The van der Waals surface area contributed by atoms with Gasteiger partial charge in [0.1, 0.15) is 11.6 Å². The predicted octanol–water partition coefficient (Wildman–Crippen LogP) is 3.25. The summed E-state index contributed by atoms with van der Waals surface area (Å²) in [6.45, 7) is 14.5. The number of amides is 2. The number of thioether (sulfide) groups is 1. The van der Waals surface area contributed by atoms with Crippen LogP contribution in [0.5, 0.6) is 0 Å². The van der Waals surface area contributed by atoms with Crippen LogP contribution in [0.4, 0.5) is 4.79 Å². The Morgan fingerprint density at radius 3 is 2.35 bits per heavy atom. The van der Waals surface area contributed by atoms with Gasteiger partial charge in [-0.05, 0) is 40.5 Å². The molecule has 0 spiro atoms. The van der Waals surface area contributed by atoms with E-state index in [0.29, 0.717) is 24.2 Å². The molecule has 0 bridgehead atoms. The van der Waals surface area contributed by atoms with Gasteiger partial charge in [-0.25, -0.2) is 4.79 Å². The monoisotopic (exact) mass is 386 g/mol. The number of carbonyl (C=O) groups is 2. The third kappa shape index (κ3) is 7.23. The molecule has 0 saturated heterocycles. The summed E-state index contributed by atoms with van der Waals surface area (Å²) in [6, 6.07) is -0.467. The second-order valence-electron chi connectivity index (χ2n) is 7.13. The summed E-state index contributed by atoms with van der Waals surface area (Å²) in [5.41, 5.74) is -0.591. The zero-order valence-electron chi connectivity index (χ0n) is 16.7. The molecule has 0 aliphatic carbocycles. The molecule has 26 heavy (non-hydrogen) atoms. The number of carbonyl (C=O) groups excluding carboxylic acids is 2. The summed E-state index contributed by atoms with van der Waals surface area (Å²) in [5, 5.41) is 11.1. The van der Waals surface area contributed by atoms with Crippen molar-refractivity contribution in [2.75, 3.05) is 18.8 Å². The van der Waals surface area contributed by atoms with Gasteiger partial charge in [0.2, 0.25) is 11.8 Å². The van der Waals surface area contributed by atoms with E-state index in [-0.39, 0.29) is 17.6 Å². The number of alkyl carbamates (subject to hydrolysis) is 1. The Labute approximate surface area is 159 Å². The van der Waals surface area contributed by atoms with Crippen LogP contribution in [-0.4, -0.2) is 51.5 Å². The molecule has 1 N–H and O–H groups in total. The van der Waals surface area contributed by atoms with Crippen LogP contribution in [0.25, 0.3) is 0 Å². The van der Waals surface area contributed by atoms with E-state index >= 15 is 0 Å². The Balaban J connectivity index is 2.72. The zero-order valence-corrected chi connectivity index (χ0v) is 17.5. The molecule has 9 heteroatoms. The molecule has 0 saturated carbocycles. The molecule has 2 amide bonds. The first-order chi connectivity index (χ1) is 12.1. The van der Waals surface area contributed by atoms with Crippen molar-refractivity contribution in [1.29, 1.82) is 0 Å². The normalized spacial score (nSPS) is 12.8. The summed E-state index contributed by atoms with van der Waals surface area (Å²) in [7, 11) is 0. The van der Waals surface area contributed by atoms with E-state index in [0.717, 1.165) is 0 Å². The third-order valence-electron chi connectivity index (χ3n) is 3.46. The minimum atomic E-state index is -0.591. The molecule has 1 aromatic rings. The number of nitrogens with zero attached hydrogens (tertiary/aromatic N) is 3. The minimum absolute atomic E-state index is 0.0204. The third-order valence-corrected chi connectivity index (χ3v) is 4.27. The first-order valence-corrected chi connectivity index (χ1v) is 9.79. The van der Waals surface area contributed by atoms with Crippen molar-refractivity contribution in [2.24, 2.45) is 5.92 Å². The number of rotatable bonds is 8. The minimum Gasteiger partial charge on any atom is -0.444 e. The molecule has 1 atom stereocenters. The van der Waals surface area contributed by atoms with Crippen LogP contribution < -0.4 is 5.32 Å². The van der Waals surface area contributed by atoms with Gasteiger partial charge >= 0.3 is 6.09 Å². The van der Waals surface area contributed by atoms with Crippen molar-refractivity contribution in [3.8, 4) is 0 Å². The smallest absolute Gasteiger partial charge is 0.408 e. The van der Waals surface area contributed by atoms with E-state index in [4.69, 9.17) is 9.15 Å². The lowest BCUT2D eigenvalue weighted by atomic mass is 10.1. The lowest BCUT2D eigenvalue weighted by molar-refractivity contribution is -0.127. The molecule has 1 heterocycles. The van der Waals surface area contributed by atoms with Gasteiger partial charge < -0.3 is 19.4 Å². The average molecular weight is 387 g/mol. The van der Waals surface area contributed by atoms with E-state index in [1.165, 1.54) is 11.8 Å². The second-order valence-corrected chi connectivity index (χ2v) is 8.06. The number of hydrogen-bond donors (Lipinski definition) is 1. The summed E-state index contributed by atoms with van der Waals surface area (Å²) in [5.74, 6) is 0.573. The van der Waals surface area contributed by atoms with E-state index in [9.17, 15) is 9.59 Å². The summed E-state index contributed by atoms with van der Waals surface area (Å²) in [4.78, 5) is 25.8. The van der Waals surface area contributed by atoms with Crippen molar-refractivity contribution >= 4 is 23.8 Å². The molecule has 1 aromatic heterocycles. The van der Waals surface area contributed by atoms with Gasteiger partial charge in [-0.1, -0.05) is 25.6 Å². The van der Waals surface area contributed by atoms with E-state index in [2.05, 4.69) is 15.5 Å². The standard InChI is InChI=1S/C17H30N4O4S/c1-8-21(9-2)12(22)10-26-16-20-19-14(24-16)13(11(3)4)18-15(23)25-17(5,6)7/h11,13H,8-10H2,1-7H3,(H,18,23). The SMILES string of the molecule is CCN(CC)C(=O)CSc1nnc(C(NC(=O)OC(C)(C)C)C(C)C)o1. The largest absolute Gasteiger partial charge is 0.444 e. The second kappa shape index (κ2) is 9.80. The van der Waals surface area contributed by atoms with Crippen LogP contribution in [-0.2, 0) is 9.53 Å². The highest BCUT2D eigenvalue weighted by atomic mass is 32.2. The lowest BCUT2D eigenvalue weighted by Gasteiger charge is -2.23. The van der Waals surface area contributed by atoms with Gasteiger partial charge in [-0.3, -0.25) is 4.79 Å². The van der Waals surface area contributed by atoms with Crippen LogP contribution in [0.15, 0.2) is 9.64 Å². The summed E-state index contributed by atoms with van der Waals surface area (Å²) >= 11 is 1.19. The van der Waals surface area contributed by atoms with Crippen LogP contribution in [0, 0.1) is 5.92 Å². The maximum Gasteiger partial charge on any atom is 0.408 e. The predicted molar refractivity (Wildman–Crippen MR) is 99.9 cm³/mol. The fourth-order valence-corrected chi connectivity index (χ4v) is 2.82. The van der Waals surface area contributed by atoms with Crippen LogP contribution in [0.1, 0.15) is 60.4 Å². The molecule has 1 rings (SSSR count). The first-order valence-electron chi connectivity index (χ1n) is 8.80. The molecule has 0 aliphatic rings. The van der Waals surface area contributed by atoms with Crippen LogP contribution >= 0.6 is 11.8 Å². The first kappa shape index (κ1) is 22.3. The number of aromatic nitrogens is 2. The Kier molecular flexibility index (Phi) is 8.39. The fourth-order valence-electron chi connectivity index (χ4n) is 2.14. The maximum atomic E-state index is 12.0. The highest BCUT2D eigenvalue weighted by molar-refractivity contribution is 7.99. The quantitative estimate of drug-likeness (QED) is 0.685. The molecule has 8 nitrogen and oxygen atoms in total. The lowest BCUT2D eigenvalue weighted by Crippen LogP contribution is -2.37. The van der Waals surface area contributed by atoms with Crippen LogP contribution in [0.2, 0.25) is 0 Å². The van der Waals surface area contributed by atoms with Crippen molar-refractivity contribution in [1.82, 2.24) is 20.4 Å². The van der Waals surface area contributed by atoms with E-state index in [1.807, 2.05) is 27.7 Å². The van der Waals surface area contributed by atoms with Gasteiger partial charge in [0, 0.05) is 13.1 Å². The molecular weight excluding hydrogens is 356 g/mol. The Morgan fingerprint density at radius 1 is 1.23 bits per heavy atom. The summed E-state index contributed by atoms with van der Waals surface area (Å²) < 4.78 is 10.9. The van der Waals surface area contributed by atoms with Gasteiger partial charge in [-0.2, -0.15) is 0 Å². The van der Waals surface area contributed by atoms with Gasteiger partial charge in [0.15, 0.2) is 0 Å². The Morgan fingerprint density at radius 2 is 1.85 bits per heavy atom. The highest BCUT2D eigenvalue weighted by Gasteiger charge is 2.27. The average Bonchev–Trinajstić information content (AvgIpc) is 2.98. The molecule has 1 unspecified atom stereocenters. The molecule has 0 aliphatic heterocycles. The number of ether oxygens (including phenoxy) is 1. The Hall–Kier alpha value is -1.77. The molecule has 0 radical (unpaired) electrons. The van der Waals surface area contributed by atoms with Crippen molar-refractivity contribution in [3.05, 3.63) is 5.89 Å². The van der Waals surface area contributed by atoms with Gasteiger partial charge in [-0.15, -0.1) is 10.2 Å². The maximum absolute atomic E-state index is 12.0. The highest BCUT2D eigenvalue weighted by Crippen LogP contribution is 2.25. The number of hydrogen-bond acceptors (Lipinski definition) is 7. The topological polar surface area (TPSA) is 97.6 Å². The van der Waals surface area contributed by atoms with Gasteiger partial charge in [0.05, 0.1) is 5.75 Å². The van der Waals surface area contributed by atoms with Crippen molar-refractivity contribution < 1.29 is 18.7 Å². The molecule has 0 aromatic carbocycles.